The van der Waals surface area contributed by atoms with E-state index in [1.54, 1.807) is 7.05 Å². The van der Waals surface area contributed by atoms with Crippen molar-refractivity contribution in [2.45, 2.75) is 31.8 Å². The van der Waals surface area contributed by atoms with Gasteiger partial charge in [0, 0.05) is 13.6 Å². The highest BCUT2D eigenvalue weighted by Gasteiger charge is 2.23. The summed E-state index contributed by atoms with van der Waals surface area (Å²) >= 11 is 5.92. The number of aromatic nitrogens is 2. The predicted molar refractivity (Wildman–Crippen MR) is 70.9 cm³/mol. The Morgan fingerprint density at radius 3 is 2.94 bits per heavy atom. The average Bonchev–Trinajstić information content (AvgIpc) is 2.89. The fraction of sp³-hybridized carbons (Fsp3) is 0.667. The van der Waals surface area contributed by atoms with E-state index < -0.39 is 6.10 Å². The molecule has 1 aliphatic rings. The van der Waals surface area contributed by atoms with Crippen LogP contribution in [-0.4, -0.2) is 27.5 Å². The Bertz CT molecular complexity index is 469. The summed E-state index contributed by atoms with van der Waals surface area (Å²) in [6, 6.07) is 0. The van der Waals surface area contributed by atoms with Crippen LogP contribution in [0.5, 0.6) is 0 Å². The van der Waals surface area contributed by atoms with E-state index in [1.165, 1.54) is 23.7 Å². The summed E-state index contributed by atoms with van der Waals surface area (Å²) < 4.78 is 1.18. The highest BCUT2D eigenvalue weighted by atomic mass is 35.5. The first-order valence-electron chi connectivity index (χ1n) is 6.23. The summed E-state index contributed by atoms with van der Waals surface area (Å²) in [4.78, 5) is 11.6. The lowest BCUT2D eigenvalue weighted by molar-refractivity contribution is 0.123. The summed E-state index contributed by atoms with van der Waals surface area (Å²) in [5.74, 6) is 0.357. The molecular formula is C12H18ClN3O2. The maximum Gasteiger partial charge on any atom is 0.287 e. The Labute approximate surface area is 111 Å². The fourth-order valence-corrected chi connectivity index (χ4v) is 2.60. The number of hydrogen-bond acceptors (Lipinski definition) is 4. The van der Waals surface area contributed by atoms with Crippen molar-refractivity contribution in [2.75, 3.05) is 11.9 Å². The molecule has 1 fully saturated rings. The van der Waals surface area contributed by atoms with Gasteiger partial charge in [-0.3, -0.25) is 4.79 Å². The highest BCUT2D eigenvalue weighted by molar-refractivity contribution is 6.32. The molecule has 0 saturated heterocycles. The first-order chi connectivity index (χ1) is 8.59. The molecule has 2 N–H and O–H groups in total. The van der Waals surface area contributed by atoms with E-state index in [9.17, 15) is 9.90 Å². The van der Waals surface area contributed by atoms with Gasteiger partial charge in [0.05, 0.1) is 18.0 Å². The van der Waals surface area contributed by atoms with Crippen molar-refractivity contribution < 1.29 is 5.11 Å². The lowest BCUT2D eigenvalue weighted by atomic mass is 10.0. The smallest absolute Gasteiger partial charge is 0.287 e. The van der Waals surface area contributed by atoms with Crippen LogP contribution >= 0.6 is 11.6 Å². The lowest BCUT2D eigenvalue weighted by Gasteiger charge is -2.18. The van der Waals surface area contributed by atoms with E-state index >= 15 is 0 Å². The Morgan fingerprint density at radius 1 is 1.61 bits per heavy atom. The van der Waals surface area contributed by atoms with Crippen LogP contribution in [0.1, 0.15) is 25.7 Å². The van der Waals surface area contributed by atoms with E-state index in [-0.39, 0.29) is 10.6 Å². The molecule has 2 rings (SSSR count). The van der Waals surface area contributed by atoms with Gasteiger partial charge in [0.25, 0.3) is 5.56 Å². The molecule has 0 radical (unpaired) electrons. The Hall–Kier alpha value is -1.07. The van der Waals surface area contributed by atoms with Crippen LogP contribution in [0, 0.1) is 5.92 Å². The van der Waals surface area contributed by atoms with Crippen LogP contribution in [0.25, 0.3) is 0 Å². The second-order valence-electron chi connectivity index (χ2n) is 4.79. The van der Waals surface area contributed by atoms with Crippen LogP contribution in [0.15, 0.2) is 11.0 Å². The molecule has 6 heteroatoms. The topological polar surface area (TPSA) is 67.2 Å². The molecule has 5 nitrogen and oxygen atoms in total. The zero-order valence-electron chi connectivity index (χ0n) is 10.4. The van der Waals surface area contributed by atoms with Gasteiger partial charge in [0.1, 0.15) is 5.02 Å². The van der Waals surface area contributed by atoms with Gasteiger partial charge in [-0.2, -0.15) is 5.10 Å². The van der Waals surface area contributed by atoms with E-state index in [1.807, 2.05) is 0 Å². The van der Waals surface area contributed by atoms with Gasteiger partial charge in [-0.15, -0.1) is 0 Å². The third-order valence-corrected chi connectivity index (χ3v) is 3.89. The molecule has 1 aromatic heterocycles. The van der Waals surface area contributed by atoms with Gasteiger partial charge in [0.15, 0.2) is 0 Å². The molecular weight excluding hydrogens is 254 g/mol. The molecule has 1 unspecified atom stereocenters. The molecule has 0 spiro atoms. The first-order valence-corrected chi connectivity index (χ1v) is 6.61. The van der Waals surface area contributed by atoms with Gasteiger partial charge in [-0.1, -0.05) is 24.4 Å². The molecule has 18 heavy (non-hydrogen) atoms. The number of halogens is 1. The number of anilines is 1. The Kier molecular flexibility index (Phi) is 4.24. The fourth-order valence-electron chi connectivity index (χ4n) is 2.36. The number of nitrogens with one attached hydrogen (secondary N) is 1. The largest absolute Gasteiger partial charge is 0.391 e. The maximum absolute atomic E-state index is 11.6. The van der Waals surface area contributed by atoms with Crippen molar-refractivity contribution in [3.8, 4) is 0 Å². The summed E-state index contributed by atoms with van der Waals surface area (Å²) in [6.45, 7) is 0.402. The van der Waals surface area contributed by atoms with Crippen molar-refractivity contribution in [2.24, 2.45) is 13.0 Å². The standard InChI is InChI=1S/C12H18ClN3O2/c1-16-12(18)11(13)9(6-15-16)14-7-10(17)8-4-2-3-5-8/h6,8,10,14,17H,2-5,7H2,1H3. The summed E-state index contributed by atoms with van der Waals surface area (Å²) in [5.41, 5.74) is 0.147. The number of aliphatic hydroxyl groups excluding tert-OH is 1. The predicted octanol–water partition coefficient (Wildman–Crippen LogP) is 1.40. The molecule has 0 bridgehead atoms. The molecule has 1 aliphatic carbocycles. The minimum absolute atomic E-state index is 0.117. The first kappa shape index (κ1) is 13.4. The normalized spacial score (nSPS) is 17.9. The second kappa shape index (κ2) is 5.71. The van der Waals surface area contributed by atoms with Gasteiger partial charge in [-0.05, 0) is 18.8 Å². The van der Waals surface area contributed by atoms with Gasteiger partial charge < -0.3 is 10.4 Å². The van der Waals surface area contributed by atoms with Crippen molar-refractivity contribution in [1.29, 1.82) is 0 Å². The minimum atomic E-state index is -0.396. The van der Waals surface area contributed by atoms with Gasteiger partial charge >= 0.3 is 0 Å². The molecule has 1 atom stereocenters. The SMILES string of the molecule is Cn1ncc(NCC(O)C2CCCC2)c(Cl)c1=O. The minimum Gasteiger partial charge on any atom is -0.391 e. The van der Waals surface area contributed by atoms with E-state index in [0.29, 0.717) is 18.2 Å². The quantitative estimate of drug-likeness (QED) is 0.869. The van der Waals surface area contributed by atoms with Crippen LogP contribution in [0.3, 0.4) is 0 Å². The number of nitrogens with zero attached hydrogens (tertiary/aromatic N) is 2. The summed E-state index contributed by atoms with van der Waals surface area (Å²) in [6.07, 6.45) is 5.64. The number of hydrogen-bond donors (Lipinski definition) is 2. The Balaban J connectivity index is 1.97. The van der Waals surface area contributed by atoms with E-state index in [0.717, 1.165) is 12.8 Å². The van der Waals surface area contributed by atoms with Crippen LogP contribution in [0.4, 0.5) is 5.69 Å². The second-order valence-corrected chi connectivity index (χ2v) is 5.17. The lowest BCUT2D eigenvalue weighted by Crippen LogP contribution is -2.28. The van der Waals surface area contributed by atoms with Crippen LogP contribution < -0.4 is 10.9 Å². The zero-order valence-corrected chi connectivity index (χ0v) is 11.2. The van der Waals surface area contributed by atoms with Crippen LogP contribution in [-0.2, 0) is 7.05 Å². The van der Waals surface area contributed by atoms with Crippen LogP contribution in [0.2, 0.25) is 5.02 Å². The molecule has 1 heterocycles. The molecule has 0 aliphatic heterocycles. The molecule has 0 aromatic carbocycles. The number of aliphatic hydroxyl groups is 1. The van der Waals surface area contributed by atoms with E-state index in [4.69, 9.17) is 11.6 Å². The summed E-state index contributed by atoms with van der Waals surface area (Å²) in [5, 5.41) is 17.0. The van der Waals surface area contributed by atoms with Crippen molar-refractivity contribution in [3.05, 3.63) is 21.6 Å². The molecule has 0 amide bonds. The third-order valence-electron chi connectivity index (χ3n) is 3.52. The van der Waals surface area contributed by atoms with Crippen molar-refractivity contribution >= 4 is 17.3 Å². The van der Waals surface area contributed by atoms with Gasteiger partial charge in [0.2, 0.25) is 0 Å². The highest BCUT2D eigenvalue weighted by Crippen LogP contribution is 2.28. The van der Waals surface area contributed by atoms with E-state index in [2.05, 4.69) is 10.4 Å². The van der Waals surface area contributed by atoms with Gasteiger partial charge in [-0.25, -0.2) is 4.68 Å². The molecule has 1 aromatic rings. The van der Waals surface area contributed by atoms with Crippen molar-refractivity contribution in [1.82, 2.24) is 9.78 Å². The summed E-state index contributed by atoms with van der Waals surface area (Å²) in [7, 11) is 1.55. The average molecular weight is 272 g/mol. The number of rotatable bonds is 4. The number of aryl methyl sites for hydroxylation is 1. The third kappa shape index (κ3) is 2.84. The molecule has 100 valence electrons. The van der Waals surface area contributed by atoms with Crippen molar-refractivity contribution in [3.63, 3.8) is 0 Å². The Morgan fingerprint density at radius 2 is 2.28 bits per heavy atom. The monoisotopic (exact) mass is 271 g/mol. The molecule has 1 saturated carbocycles. The zero-order chi connectivity index (χ0) is 13.1. The maximum atomic E-state index is 11.6.